The number of nitrogens with one attached hydrogen (secondary N) is 2. The predicted octanol–water partition coefficient (Wildman–Crippen LogP) is 0.760. The first-order valence-corrected chi connectivity index (χ1v) is 6.48. The molecule has 7 heteroatoms. The van der Waals surface area contributed by atoms with Crippen LogP contribution in [0, 0.1) is 13.8 Å². The maximum absolute atomic E-state index is 12.1. The monoisotopic (exact) mass is 281 g/mol. The van der Waals surface area contributed by atoms with E-state index in [-0.39, 0.29) is 5.56 Å². The molecule has 1 amide bonds. The van der Waals surface area contributed by atoms with E-state index in [1.807, 2.05) is 6.92 Å². The van der Waals surface area contributed by atoms with Crippen molar-refractivity contribution in [3.8, 4) is 0 Å². The number of aryl methyl sites for hydroxylation is 1. The number of aromatic amines is 1. The molecule has 0 aliphatic rings. The number of H-pyrrole nitrogens is 1. The number of carboxylic acid groups (broad SMARTS) is 1. The largest absolute Gasteiger partial charge is 0.480 e. The van der Waals surface area contributed by atoms with Gasteiger partial charge in [-0.25, -0.2) is 9.89 Å². The quantitative estimate of drug-likeness (QED) is 0.712. The smallest absolute Gasteiger partial charge is 0.326 e. The Morgan fingerprint density at radius 1 is 1.40 bits per heavy atom. The van der Waals surface area contributed by atoms with Crippen LogP contribution in [0.2, 0.25) is 0 Å². The van der Waals surface area contributed by atoms with E-state index in [0.717, 1.165) is 6.42 Å². The highest BCUT2D eigenvalue weighted by molar-refractivity contribution is 5.97. The van der Waals surface area contributed by atoms with Crippen molar-refractivity contribution < 1.29 is 14.7 Å². The number of nitrogens with zero attached hydrogens (tertiary/aromatic N) is 1. The summed E-state index contributed by atoms with van der Waals surface area (Å²) in [6.45, 7) is 5.20. The molecule has 0 spiro atoms. The summed E-state index contributed by atoms with van der Waals surface area (Å²) < 4.78 is 0. The average molecular weight is 281 g/mol. The highest BCUT2D eigenvalue weighted by Gasteiger charge is 2.23. The first kappa shape index (κ1) is 15.9. The van der Waals surface area contributed by atoms with Crippen molar-refractivity contribution in [2.75, 3.05) is 0 Å². The zero-order valence-electron chi connectivity index (χ0n) is 11.8. The molecular formula is C13H19N3O4. The summed E-state index contributed by atoms with van der Waals surface area (Å²) in [4.78, 5) is 34.9. The molecule has 1 aromatic rings. The average Bonchev–Trinajstić information content (AvgIpc) is 2.39. The molecule has 1 heterocycles. The van der Waals surface area contributed by atoms with Crippen LogP contribution in [0.3, 0.4) is 0 Å². The second-order valence-electron chi connectivity index (χ2n) is 4.64. The molecule has 110 valence electrons. The lowest BCUT2D eigenvalue weighted by Crippen LogP contribution is -2.43. The second-order valence-corrected chi connectivity index (χ2v) is 4.64. The summed E-state index contributed by atoms with van der Waals surface area (Å²) >= 11 is 0. The lowest BCUT2D eigenvalue weighted by atomic mass is 10.1. The maximum Gasteiger partial charge on any atom is 0.326 e. The normalized spacial score (nSPS) is 11.9. The first-order valence-electron chi connectivity index (χ1n) is 6.48. The van der Waals surface area contributed by atoms with E-state index in [1.54, 1.807) is 13.8 Å². The van der Waals surface area contributed by atoms with Gasteiger partial charge < -0.3 is 10.4 Å². The molecule has 0 bridgehead atoms. The van der Waals surface area contributed by atoms with E-state index < -0.39 is 23.5 Å². The van der Waals surface area contributed by atoms with Gasteiger partial charge in [0.2, 0.25) is 0 Å². The van der Waals surface area contributed by atoms with Gasteiger partial charge in [0.05, 0.1) is 5.69 Å². The predicted molar refractivity (Wildman–Crippen MR) is 72.7 cm³/mol. The molecular weight excluding hydrogens is 262 g/mol. The van der Waals surface area contributed by atoms with Crippen molar-refractivity contribution in [3.63, 3.8) is 0 Å². The van der Waals surface area contributed by atoms with Gasteiger partial charge in [0.25, 0.3) is 11.5 Å². The molecule has 0 aromatic carbocycles. The summed E-state index contributed by atoms with van der Waals surface area (Å²) in [7, 11) is 0. The number of rotatable bonds is 6. The summed E-state index contributed by atoms with van der Waals surface area (Å²) in [6, 6.07) is -0.991. The number of carboxylic acids is 1. The third kappa shape index (κ3) is 3.66. The Morgan fingerprint density at radius 3 is 2.60 bits per heavy atom. The Labute approximate surface area is 116 Å². The molecule has 20 heavy (non-hydrogen) atoms. The fraction of sp³-hybridized carbons (Fsp3) is 0.538. The third-order valence-electron chi connectivity index (χ3n) is 3.15. The second kappa shape index (κ2) is 6.83. The Kier molecular flexibility index (Phi) is 5.42. The number of hydrogen-bond acceptors (Lipinski definition) is 4. The van der Waals surface area contributed by atoms with Gasteiger partial charge in [-0.15, -0.1) is 0 Å². The van der Waals surface area contributed by atoms with Gasteiger partial charge in [0.15, 0.2) is 0 Å². The molecule has 7 nitrogen and oxygen atoms in total. The molecule has 3 N–H and O–H groups in total. The van der Waals surface area contributed by atoms with E-state index in [0.29, 0.717) is 24.1 Å². The van der Waals surface area contributed by atoms with Crippen LogP contribution >= 0.6 is 0 Å². The number of aromatic nitrogens is 2. The van der Waals surface area contributed by atoms with Gasteiger partial charge in [-0.1, -0.05) is 19.8 Å². The van der Waals surface area contributed by atoms with Crippen molar-refractivity contribution in [2.45, 2.75) is 46.1 Å². The summed E-state index contributed by atoms with van der Waals surface area (Å²) in [5.74, 6) is -1.79. The fourth-order valence-electron chi connectivity index (χ4n) is 1.80. The van der Waals surface area contributed by atoms with E-state index in [1.165, 1.54) is 0 Å². The standard InChI is InChI=1S/C13H19N3O4/c1-4-5-6-9(13(19)20)14-11(17)10-7(2)8(3)15-16-12(10)18/h9H,4-6H2,1-3H3,(H,14,17)(H,16,18)(H,19,20). The number of unbranched alkanes of at least 4 members (excludes halogenated alkanes) is 1. The van der Waals surface area contributed by atoms with Gasteiger partial charge in [0.1, 0.15) is 11.6 Å². The van der Waals surface area contributed by atoms with Gasteiger partial charge in [0, 0.05) is 0 Å². The maximum atomic E-state index is 12.1. The first-order chi connectivity index (χ1) is 9.38. The third-order valence-corrected chi connectivity index (χ3v) is 3.15. The minimum absolute atomic E-state index is 0.0831. The van der Waals surface area contributed by atoms with Crippen molar-refractivity contribution in [2.24, 2.45) is 0 Å². The van der Waals surface area contributed by atoms with Crippen molar-refractivity contribution in [1.29, 1.82) is 0 Å². The van der Waals surface area contributed by atoms with Crippen LogP contribution in [0.25, 0.3) is 0 Å². The Morgan fingerprint density at radius 2 is 2.05 bits per heavy atom. The molecule has 1 aromatic heterocycles. The van der Waals surface area contributed by atoms with Crippen molar-refractivity contribution in [3.05, 3.63) is 27.2 Å². The van der Waals surface area contributed by atoms with Crippen LogP contribution < -0.4 is 10.9 Å². The summed E-state index contributed by atoms with van der Waals surface area (Å²) in [5, 5.41) is 17.4. The van der Waals surface area contributed by atoms with Crippen molar-refractivity contribution in [1.82, 2.24) is 15.5 Å². The molecule has 1 atom stereocenters. The zero-order chi connectivity index (χ0) is 15.3. The molecule has 0 aliphatic carbocycles. The Balaban J connectivity index is 2.98. The molecule has 1 rings (SSSR count). The van der Waals surface area contributed by atoms with Crippen molar-refractivity contribution >= 4 is 11.9 Å². The number of amides is 1. The minimum Gasteiger partial charge on any atom is -0.480 e. The molecule has 1 unspecified atom stereocenters. The summed E-state index contributed by atoms with van der Waals surface area (Å²) in [6.07, 6.45) is 1.84. The fourth-order valence-corrected chi connectivity index (χ4v) is 1.80. The number of carbonyl (C=O) groups is 2. The molecule has 0 radical (unpaired) electrons. The van der Waals surface area contributed by atoms with Crippen LogP contribution in [0.1, 0.15) is 47.8 Å². The van der Waals surface area contributed by atoms with E-state index in [4.69, 9.17) is 5.11 Å². The molecule has 0 saturated carbocycles. The Bertz CT molecular complexity index is 565. The van der Waals surface area contributed by atoms with Gasteiger partial charge in [-0.2, -0.15) is 5.10 Å². The van der Waals surface area contributed by atoms with Gasteiger partial charge >= 0.3 is 5.97 Å². The lowest BCUT2D eigenvalue weighted by molar-refractivity contribution is -0.139. The van der Waals surface area contributed by atoms with E-state index in [2.05, 4.69) is 15.5 Å². The highest BCUT2D eigenvalue weighted by atomic mass is 16.4. The molecule has 0 aliphatic heterocycles. The SMILES string of the molecule is CCCCC(NC(=O)c1c(C)c(C)n[nH]c1=O)C(=O)O. The van der Waals surface area contributed by atoms with Crippen LogP contribution in [-0.2, 0) is 4.79 Å². The van der Waals surface area contributed by atoms with E-state index in [9.17, 15) is 14.4 Å². The molecule has 0 saturated heterocycles. The molecule has 0 fully saturated rings. The topological polar surface area (TPSA) is 112 Å². The number of aliphatic carboxylic acids is 1. The van der Waals surface area contributed by atoms with Gasteiger partial charge in [-0.05, 0) is 25.8 Å². The number of hydrogen-bond donors (Lipinski definition) is 3. The van der Waals surface area contributed by atoms with Gasteiger partial charge in [-0.3, -0.25) is 9.59 Å². The number of carbonyl (C=O) groups excluding carboxylic acids is 1. The van der Waals surface area contributed by atoms with Crippen LogP contribution in [0.5, 0.6) is 0 Å². The highest BCUT2D eigenvalue weighted by Crippen LogP contribution is 2.07. The Hall–Kier alpha value is -2.18. The lowest BCUT2D eigenvalue weighted by Gasteiger charge is -2.14. The van der Waals surface area contributed by atoms with Crippen LogP contribution in [-0.4, -0.2) is 33.2 Å². The summed E-state index contributed by atoms with van der Waals surface area (Å²) in [5.41, 5.74) is 0.270. The van der Waals surface area contributed by atoms with Crippen LogP contribution in [0.4, 0.5) is 0 Å². The van der Waals surface area contributed by atoms with E-state index >= 15 is 0 Å². The van der Waals surface area contributed by atoms with Crippen LogP contribution in [0.15, 0.2) is 4.79 Å². The minimum atomic E-state index is -1.10. The zero-order valence-corrected chi connectivity index (χ0v) is 11.8.